The number of aromatic hydroxyl groups is 2. The van der Waals surface area contributed by atoms with Crippen molar-refractivity contribution in [2.75, 3.05) is 0 Å². The summed E-state index contributed by atoms with van der Waals surface area (Å²) >= 11 is 24.4. The maximum absolute atomic E-state index is 13.0. The van der Waals surface area contributed by atoms with Crippen LogP contribution in [0, 0.1) is 0 Å². The number of hydrogen-bond acceptors (Lipinski definition) is 4. The van der Waals surface area contributed by atoms with Gasteiger partial charge < -0.3 is 10.2 Å². The molecule has 10 heteroatoms. The Labute approximate surface area is 186 Å². The predicted octanol–water partition coefficient (Wildman–Crippen LogP) is 5.89. The average Bonchev–Trinajstić information content (AvgIpc) is 2.67. The van der Waals surface area contributed by atoms with Crippen molar-refractivity contribution in [1.82, 2.24) is 0 Å². The van der Waals surface area contributed by atoms with Crippen LogP contribution in [-0.2, 0) is 14.9 Å². The van der Waals surface area contributed by atoms with Crippen molar-refractivity contribution in [3.8, 4) is 11.5 Å². The van der Waals surface area contributed by atoms with Crippen molar-refractivity contribution in [3.05, 3.63) is 91.4 Å². The van der Waals surface area contributed by atoms with E-state index in [0.717, 1.165) is 12.1 Å². The molecule has 1 unspecified atom stereocenters. The summed E-state index contributed by atoms with van der Waals surface area (Å²) in [5, 5.41) is 19.9. The molecule has 0 spiro atoms. The van der Waals surface area contributed by atoms with Gasteiger partial charge in [0.1, 0.15) is 16.5 Å². The smallest absolute Gasteiger partial charge is 0.283 e. The largest absolute Gasteiger partial charge is 0.508 e. The van der Waals surface area contributed by atoms with Crippen LogP contribution < -0.4 is 0 Å². The molecule has 0 aliphatic rings. The minimum atomic E-state index is -5.11. The molecule has 0 radical (unpaired) electrons. The lowest BCUT2D eigenvalue weighted by atomic mass is 9.83. The first kappa shape index (κ1) is 22.0. The molecule has 0 aliphatic heterocycles. The van der Waals surface area contributed by atoms with Crippen molar-refractivity contribution >= 4 is 56.5 Å². The Hall–Kier alpha value is -1.67. The number of halogens is 4. The van der Waals surface area contributed by atoms with Crippen LogP contribution >= 0.6 is 46.4 Å². The van der Waals surface area contributed by atoms with Crippen LogP contribution in [0.25, 0.3) is 0 Å². The molecule has 0 heterocycles. The van der Waals surface area contributed by atoms with E-state index in [9.17, 15) is 23.2 Å². The Bertz CT molecular complexity index is 1200. The van der Waals surface area contributed by atoms with Crippen LogP contribution in [0.4, 0.5) is 0 Å². The van der Waals surface area contributed by atoms with Crippen LogP contribution in [0.3, 0.4) is 0 Å². The highest BCUT2D eigenvalue weighted by Gasteiger charge is 2.52. The van der Waals surface area contributed by atoms with Gasteiger partial charge in [-0.25, -0.2) is 0 Å². The fourth-order valence-corrected chi connectivity index (χ4v) is 5.42. The molecule has 29 heavy (non-hydrogen) atoms. The van der Waals surface area contributed by atoms with Gasteiger partial charge in [0.15, 0.2) is 4.75 Å². The molecule has 0 aromatic heterocycles. The summed E-state index contributed by atoms with van der Waals surface area (Å²) in [5.41, 5.74) is -0.601. The number of phenols is 2. The standard InChI is InChI=1S/C19H12Cl4O5S/c20-14-7-6-11(24)8-12(14)19(29(26,27)28,10-4-2-1-3-5-10)13-9-15(21)16(22)17(23)18(13)25/h1-9,24-25H,(H,26,27,28). The monoisotopic (exact) mass is 492 g/mol. The second kappa shape index (κ2) is 7.87. The molecule has 0 aliphatic carbocycles. The number of rotatable bonds is 4. The summed E-state index contributed by atoms with van der Waals surface area (Å²) in [4.78, 5) is 0. The van der Waals surface area contributed by atoms with Crippen LogP contribution in [0.15, 0.2) is 54.6 Å². The van der Waals surface area contributed by atoms with E-state index in [1.54, 1.807) is 6.07 Å². The van der Waals surface area contributed by atoms with E-state index in [4.69, 9.17) is 46.4 Å². The van der Waals surface area contributed by atoms with Crippen LogP contribution in [0.5, 0.6) is 11.5 Å². The fraction of sp³-hybridized carbons (Fsp3) is 0.0526. The van der Waals surface area contributed by atoms with Crippen molar-refractivity contribution in [3.63, 3.8) is 0 Å². The Morgan fingerprint density at radius 3 is 1.97 bits per heavy atom. The number of hydrogen-bond donors (Lipinski definition) is 3. The minimum Gasteiger partial charge on any atom is -0.508 e. The Balaban J connectivity index is 2.65. The molecule has 3 aromatic carbocycles. The third kappa shape index (κ3) is 3.54. The lowest BCUT2D eigenvalue weighted by molar-refractivity contribution is 0.439. The highest BCUT2D eigenvalue weighted by Crippen LogP contribution is 2.53. The van der Waals surface area contributed by atoms with Gasteiger partial charge in [-0.15, -0.1) is 0 Å². The van der Waals surface area contributed by atoms with Gasteiger partial charge in [-0.05, 0) is 29.8 Å². The molecule has 0 saturated heterocycles. The van der Waals surface area contributed by atoms with Crippen molar-refractivity contribution < 1.29 is 23.2 Å². The minimum absolute atomic E-state index is 0.0137. The van der Waals surface area contributed by atoms with Crippen LogP contribution in [0.2, 0.25) is 20.1 Å². The lowest BCUT2D eigenvalue weighted by Crippen LogP contribution is -2.38. The lowest BCUT2D eigenvalue weighted by Gasteiger charge is -2.34. The van der Waals surface area contributed by atoms with Crippen molar-refractivity contribution in [1.29, 1.82) is 0 Å². The second-order valence-electron chi connectivity index (χ2n) is 6.07. The molecule has 0 amide bonds. The maximum atomic E-state index is 13.0. The maximum Gasteiger partial charge on any atom is 0.283 e. The third-order valence-corrected chi connectivity index (χ3v) is 7.44. The van der Waals surface area contributed by atoms with Gasteiger partial charge >= 0.3 is 0 Å². The molecule has 3 N–H and O–H groups in total. The predicted molar refractivity (Wildman–Crippen MR) is 114 cm³/mol. The SMILES string of the molecule is O=S(=O)(O)C(c1ccccc1)(c1cc(O)ccc1Cl)c1cc(Cl)c(Cl)c(Cl)c1O. The molecule has 3 rings (SSSR count). The van der Waals surface area contributed by atoms with Gasteiger partial charge in [0, 0.05) is 16.1 Å². The molecule has 5 nitrogen and oxygen atoms in total. The second-order valence-corrected chi connectivity index (χ2v) is 9.20. The molecule has 3 aromatic rings. The molecular weight excluding hydrogens is 482 g/mol. The van der Waals surface area contributed by atoms with Gasteiger partial charge in [-0.2, -0.15) is 8.42 Å². The van der Waals surface area contributed by atoms with Crippen molar-refractivity contribution in [2.24, 2.45) is 0 Å². The zero-order valence-corrected chi connectivity index (χ0v) is 18.1. The average molecular weight is 494 g/mol. The molecular formula is C19H12Cl4O5S. The summed E-state index contributed by atoms with van der Waals surface area (Å²) in [7, 11) is -5.11. The molecule has 0 bridgehead atoms. The summed E-state index contributed by atoms with van der Waals surface area (Å²) in [5.74, 6) is -1.04. The first-order valence-electron chi connectivity index (χ1n) is 7.90. The third-order valence-electron chi connectivity index (χ3n) is 4.41. The number of benzene rings is 3. The quantitative estimate of drug-likeness (QED) is 0.239. The Morgan fingerprint density at radius 1 is 0.759 bits per heavy atom. The van der Waals surface area contributed by atoms with Gasteiger partial charge in [0.2, 0.25) is 0 Å². The van der Waals surface area contributed by atoms with Gasteiger partial charge in [-0.1, -0.05) is 76.7 Å². The van der Waals surface area contributed by atoms with Crippen molar-refractivity contribution in [2.45, 2.75) is 4.75 Å². The first-order valence-corrected chi connectivity index (χ1v) is 10.9. The van der Waals surface area contributed by atoms with E-state index in [2.05, 4.69) is 0 Å². The summed E-state index contributed by atoms with van der Waals surface area (Å²) in [6, 6.07) is 12.1. The fourth-order valence-electron chi connectivity index (χ4n) is 3.19. The summed E-state index contributed by atoms with van der Waals surface area (Å²) in [6.45, 7) is 0. The number of phenolic OH excluding ortho intramolecular Hbond substituents is 2. The van der Waals surface area contributed by atoms with E-state index in [1.165, 1.54) is 36.4 Å². The molecule has 0 saturated carbocycles. The van der Waals surface area contributed by atoms with E-state index in [0.29, 0.717) is 0 Å². The highest BCUT2D eigenvalue weighted by molar-refractivity contribution is 7.87. The molecule has 152 valence electrons. The zero-order chi connectivity index (χ0) is 21.6. The zero-order valence-electron chi connectivity index (χ0n) is 14.3. The van der Waals surface area contributed by atoms with E-state index >= 15 is 0 Å². The highest BCUT2D eigenvalue weighted by atomic mass is 35.5. The van der Waals surface area contributed by atoms with Gasteiger partial charge in [0.25, 0.3) is 10.1 Å². The first-order chi connectivity index (χ1) is 13.5. The van der Waals surface area contributed by atoms with E-state index in [-0.39, 0.29) is 31.9 Å². The topological polar surface area (TPSA) is 94.8 Å². The van der Waals surface area contributed by atoms with Crippen LogP contribution in [0.1, 0.15) is 16.7 Å². The van der Waals surface area contributed by atoms with Crippen LogP contribution in [-0.4, -0.2) is 23.2 Å². The Morgan fingerprint density at radius 2 is 1.38 bits per heavy atom. The molecule has 1 atom stereocenters. The Kier molecular flexibility index (Phi) is 5.98. The molecule has 0 fully saturated rings. The summed E-state index contributed by atoms with van der Waals surface area (Å²) < 4.78 is 33.9. The summed E-state index contributed by atoms with van der Waals surface area (Å²) in [6.07, 6.45) is 0. The van der Waals surface area contributed by atoms with Gasteiger partial charge in [-0.3, -0.25) is 4.55 Å². The normalized spacial score (nSPS) is 13.8. The van der Waals surface area contributed by atoms with E-state index < -0.39 is 31.2 Å². The van der Waals surface area contributed by atoms with E-state index in [1.807, 2.05) is 0 Å². The van der Waals surface area contributed by atoms with Gasteiger partial charge in [0.05, 0.1) is 10.0 Å².